The molecule has 0 aromatic carbocycles. The maximum atomic E-state index is 11.1. The van der Waals surface area contributed by atoms with Gasteiger partial charge in [0.25, 0.3) is 0 Å². The van der Waals surface area contributed by atoms with Crippen LogP contribution < -0.4 is 5.32 Å². The molecule has 0 bridgehead atoms. The minimum absolute atomic E-state index is 0.137. The molecule has 0 spiro atoms. The van der Waals surface area contributed by atoms with Crippen LogP contribution in [0.2, 0.25) is 0 Å². The van der Waals surface area contributed by atoms with Crippen LogP contribution in [0.25, 0.3) is 0 Å². The van der Waals surface area contributed by atoms with Gasteiger partial charge in [-0.2, -0.15) is 0 Å². The zero-order valence-corrected chi connectivity index (χ0v) is 8.55. The quantitative estimate of drug-likeness (QED) is 0.667. The summed E-state index contributed by atoms with van der Waals surface area (Å²) in [6.07, 6.45) is 2.28. The Kier molecular flexibility index (Phi) is 5.72. The molecule has 3 nitrogen and oxygen atoms in total. The van der Waals surface area contributed by atoms with Crippen LogP contribution in [-0.4, -0.2) is 37.5 Å². The van der Waals surface area contributed by atoms with Gasteiger partial charge in [0.15, 0.2) is 0 Å². The molecule has 1 amide bonds. The van der Waals surface area contributed by atoms with Crippen LogP contribution in [0.15, 0.2) is 0 Å². The van der Waals surface area contributed by atoms with Gasteiger partial charge in [-0.3, -0.25) is 4.79 Å². The van der Waals surface area contributed by atoms with Crippen LogP contribution in [0.1, 0.15) is 26.7 Å². The fourth-order valence-corrected chi connectivity index (χ4v) is 0.955. The first-order chi connectivity index (χ1) is 5.57. The molecule has 0 aromatic rings. The lowest BCUT2D eigenvalue weighted by Crippen LogP contribution is -2.37. The molecule has 0 aliphatic carbocycles. The predicted octanol–water partition coefficient (Wildman–Crippen LogP) is 0.853. The maximum absolute atomic E-state index is 11.1. The predicted molar refractivity (Wildman–Crippen MR) is 51.1 cm³/mol. The van der Waals surface area contributed by atoms with Crippen molar-refractivity contribution < 1.29 is 4.79 Å². The van der Waals surface area contributed by atoms with E-state index in [1.165, 1.54) is 0 Å². The Labute approximate surface area is 75.1 Å². The summed E-state index contributed by atoms with van der Waals surface area (Å²) >= 11 is 0. The number of nitrogens with zero attached hydrogens (tertiary/aromatic N) is 1. The minimum atomic E-state index is 0.137. The molecule has 1 N–H and O–H groups in total. The van der Waals surface area contributed by atoms with Crippen molar-refractivity contribution in [2.45, 2.75) is 32.7 Å². The van der Waals surface area contributed by atoms with Crippen molar-refractivity contribution >= 4 is 5.91 Å². The topological polar surface area (TPSA) is 32.3 Å². The van der Waals surface area contributed by atoms with Crippen LogP contribution in [0.4, 0.5) is 0 Å². The average molecular weight is 172 g/mol. The van der Waals surface area contributed by atoms with Crippen molar-refractivity contribution in [3.05, 3.63) is 0 Å². The van der Waals surface area contributed by atoms with Crippen molar-refractivity contribution in [1.82, 2.24) is 10.2 Å². The average Bonchev–Trinajstić information content (AvgIpc) is 2.00. The maximum Gasteiger partial charge on any atom is 0.236 e. The molecule has 0 saturated carbocycles. The molecule has 1 atom stereocenters. The molecule has 12 heavy (non-hydrogen) atoms. The normalized spacial score (nSPS) is 12.7. The summed E-state index contributed by atoms with van der Waals surface area (Å²) in [5, 5.41) is 3.17. The molecule has 0 aliphatic rings. The number of carbonyl (C=O) groups is 1. The Morgan fingerprint density at radius 1 is 1.50 bits per heavy atom. The van der Waals surface area contributed by atoms with Crippen LogP contribution in [-0.2, 0) is 4.79 Å². The van der Waals surface area contributed by atoms with Crippen LogP contribution in [0.3, 0.4) is 0 Å². The van der Waals surface area contributed by atoms with E-state index >= 15 is 0 Å². The summed E-state index contributed by atoms with van der Waals surface area (Å²) in [5.41, 5.74) is 0. The number of nitrogens with one attached hydrogen (secondary N) is 1. The molecule has 0 fully saturated rings. The van der Waals surface area contributed by atoms with Crippen molar-refractivity contribution in [3.8, 4) is 0 Å². The van der Waals surface area contributed by atoms with Crippen LogP contribution in [0, 0.1) is 0 Å². The fourth-order valence-electron chi connectivity index (χ4n) is 0.955. The second-order valence-electron chi connectivity index (χ2n) is 3.36. The molecule has 3 heteroatoms. The lowest BCUT2D eigenvalue weighted by molar-refractivity contribution is -0.127. The van der Waals surface area contributed by atoms with Gasteiger partial charge in [-0.25, -0.2) is 0 Å². The highest BCUT2D eigenvalue weighted by atomic mass is 16.2. The Hall–Kier alpha value is -0.570. The van der Waals surface area contributed by atoms with Gasteiger partial charge in [0, 0.05) is 20.1 Å². The Morgan fingerprint density at radius 3 is 2.50 bits per heavy atom. The van der Waals surface area contributed by atoms with Gasteiger partial charge in [-0.1, -0.05) is 13.3 Å². The summed E-state index contributed by atoms with van der Waals surface area (Å²) in [7, 11) is 3.54. The van der Waals surface area contributed by atoms with E-state index in [4.69, 9.17) is 0 Å². The Morgan fingerprint density at radius 2 is 2.08 bits per heavy atom. The molecule has 0 rings (SSSR count). The lowest BCUT2D eigenvalue weighted by atomic mass is 10.2. The van der Waals surface area contributed by atoms with Gasteiger partial charge >= 0.3 is 0 Å². The summed E-state index contributed by atoms with van der Waals surface area (Å²) in [5.74, 6) is 0.137. The zero-order valence-electron chi connectivity index (χ0n) is 8.55. The number of rotatable bonds is 5. The number of amides is 1. The first-order valence-corrected chi connectivity index (χ1v) is 4.51. The van der Waals surface area contributed by atoms with E-state index in [2.05, 4.69) is 19.2 Å². The zero-order chi connectivity index (χ0) is 9.56. The van der Waals surface area contributed by atoms with Gasteiger partial charge in [-0.05, 0) is 13.3 Å². The molecule has 1 unspecified atom stereocenters. The van der Waals surface area contributed by atoms with E-state index in [9.17, 15) is 4.79 Å². The van der Waals surface area contributed by atoms with Crippen LogP contribution in [0.5, 0.6) is 0 Å². The highest BCUT2D eigenvalue weighted by Gasteiger charge is 2.05. The smallest absolute Gasteiger partial charge is 0.236 e. The van der Waals surface area contributed by atoms with E-state index in [1.54, 1.807) is 19.0 Å². The van der Waals surface area contributed by atoms with E-state index in [0.29, 0.717) is 12.6 Å². The van der Waals surface area contributed by atoms with E-state index in [0.717, 1.165) is 12.8 Å². The van der Waals surface area contributed by atoms with E-state index in [-0.39, 0.29) is 5.91 Å². The van der Waals surface area contributed by atoms with Gasteiger partial charge in [0.2, 0.25) is 5.91 Å². The van der Waals surface area contributed by atoms with E-state index < -0.39 is 0 Å². The highest BCUT2D eigenvalue weighted by Crippen LogP contribution is 1.93. The molecule has 0 saturated heterocycles. The number of hydrogen-bond donors (Lipinski definition) is 1. The Bertz CT molecular complexity index is 134. The molecule has 0 radical (unpaired) electrons. The molecular formula is C9H20N2O. The van der Waals surface area contributed by atoms with Crippen molar-refractivity contribution in [1.29, 1.82) is 0 Å². The second kappa shape index (κ2) is 6.00. The van der Waals surface area contributed by atoms with E-state index in [1.807, 2.05) is 0 Å². The van der Waals surface area contributed by atoms with Gasteiger partial charge in [0.05, 0.1) is 6.54 Å². The van der Waals surface area contributed by atoms with Crippen molar-refractivity contribution in [3.63, 3.8) is 0 Å². The fraction of sp³-hybridized carbons (Fsp3) is 0.889. The monoisotopic (exact) mass is 172 g/mol. The number of carbonyl (C=O) groups excluding carboxylic acids is 1. The summed E-state index contributed by atoms with van der Waals surface area (Å²) in [6, 6.07) is 0.443. The minimum Gasteiger partial charge on any atom is -0.348 e. The SMILES string of the molecule is CCCC(C)NCC(=O)N(C)C. The lowest BCUT2D eigenvalue weighted by Gasteiger charge is -2.15. The van der Waals surface area contributed by atoms with Crippen LogP contribution >= 0.6 is 0 Å². The standard InChI is InChI=1S/C9H20N2O/c1-5-6-8(2)10-7-9(12)11(3)4/h8,10H,5-7H2,1-4H3. The third-order valence-electron chi connectivity index (χ3n) is 1.82. The van der Waals surface area contributed by atoms with Gasteiger partial charge < -0.3 is 10.2 Å². The third kappa shape index (κ3) is 5.13. The molecule has 0 heterocycles. The van der Waals surface area contributed by atoms with Gasteiger partial charge in [0.1, 0.15) is 0 Å². The van der Waals surface area contributed by atoms with Crippen molar-refractivity contribution in [2.24, 2.45) is 0 Å². The summed E-state index contributed by atoms with van der Waals surface area (Å²) in [6.45, 7) is 4.70. The third-order valence-corrected chi connectivity index (χ3v) is 1.82. The highest BCUT2D eigenvalue weighted by molar-refractivity contribution is 5.77. The first-order valence-electron chi connectivity index (χ1n) is 4.51. The number of likely N-dealkylation sites (N-methyl/N-ethyl adjacent to an activating group) is 1. The molecule has 0 aromatic heterocycles. The summed E-state index contributed by atoms with van der Waals surface area (Å²) in [4.78, 5) is 12.7. The largest absolute Gasteiger partial charge is 0.348 e. The number of hydrogen-bond acceptors (Lipinski definition) is 2. The Balaban J connectivity index is 3.47. The summed E-state index contributed by atoms with van der Waals surface area (Å²) < 4.78 is 0. The van der Waals surface area contributed by atoms with Gasteiger partial charge in [-0.15, -0.1) is 0 Å². The molecule has 72 valence electrons. The second-order valence-corrected chi connectivity index (χ2v) is 3.36. The molecule has 0 aliphatic heterocycles. The first kappa shape index (κ1) is 11.4. The van der Waals surface area contributed by atoms with Crippen molar-refractivity contribution in [2.75, 3.05) is 20.6 Å². The molecular weight excluding hydrogens is 152 g/mol.